The summed E-state index contributed by atoms with van der Waals surface area (Å²) in [5.41, 5.74) is 3.59. The molecule has 2 aromatic carbocycles. The molecule has 0 saturated heterocycles. The highest BCUT2D eigenvalue weighted by Gasteiger charge is 2.09. The first-order valence-electron chi connectivity index (χ1n) is 10.8. The van der Waals surface area contributed by atoms with E-state index in [2.05, 4.69) is 60.6 Å². The SMILES string of the molecule is C/C=C(C)/C=C/c1ncn(-c2ccc3cc(CN(CC)CCC)ccc3c2)c(=O)c1S. The lowest BCUT2D eigenvalue weighted by Crippen LogP contribution is -2.23. The molecule has 4 nitrogen and oxygen atoms in total. The van der Waals surface area contributed by atoms with Crippen LogP contribution in [0.25, 0.3) is 22.5 Å². The molecular formula is C26H31N3OS. The maximum atomic E-state index is 12.9. The summed E-state index contributed by atoms with van der Waals surface area (Å²) in [7, 11) is 0. The van der Waals surface area contributed by atoms with Gasteiger partial charge in [0.1, 0.15) is 6.33 Å². The quantitative estimate of drug-likeness (QED) is 0.356. The van der Waals surface area contributed by atoms with Gasteiger partial charge in [0.2, 0.25) is 0 Å². The molecule has 162 valence electrons. The average molecular weight is 434 g/mol. The zero-order valence-electron chi connectivity index (χ0n) is 18.8. The summed E-state index contributed by atoms with van der Waals surface area (Å²) in [5.74, 6) is 0. The van der Waals surface area contributed by atoms with Crippen molar-refractivity contribution in [3.05, 3.63) is 82.1 Å². The smallest absolute Gasteiger partial charge is 0.271 e. The first-order chi connectivity index (χ1) is 15.0. The Bertz CT molecular complexity index is 1180. The highest BCUT2D eigenvalue weighted by atomic mass is 32.1. The Hall–Kier alpha value is -2.63. The lowest BCUT2D eigenvalue weighted by atomic mass is 10.1. The van der Waals surface area contributed by atoms with E-state index in [0.29, 0.717) is 10.6 Å². The van der Waals surface area contributed by atoms with Gasteiger partial charge < -0.3 is 0 Å². The number of thiol groups is 1. The van der Waals surface area contributed by atoms with Crippen LogP contribution in [0.15, 0.2) is 70.1 Å². The lowest BCUT2D eigenvalue weighted by Gasteiger charge is -2.19. The number of allylic oxidation sites excluding steroid dienone is 3. The van der Waals surface area contributed by atoms with Crippen molar-refractivity contribution in [2.75, 3.05) is 13.1 Å². The molecule has 0 aliphatic rings. The summed E-state index contributed by atoms with van der Waals surface area (Å²) in [6.45, 7) is 11.5. The first kappa shape index (κ1) is 23.0. The van der Waals surface area contributed by atoms with E-state index in [1.807, 2.05) is 44.2 Å². The largest absolute Gasteiger partial charge is 0.299 e. The molecule has 0 spiro atoms. The van der Waals surface area contributed by atoms with E-state index in [-0.39, 0.29) is 5.56 Å². The Kier molecular flexibility index (Phi) is 7.88. The van der Waals surface area contributed by atoms with E-state index in [0.717, 1.165) is 42.7 Å². The van der Waals surface area contributed by atoms with Crippen molar-refractivity contribution >= 4 is 29.5 Å². The van der Waals surface area contributed by atoms with Crippen LogP contribution in [0.3, 0.4) is 0 Å². The second-order valence-corrected chi connectivity index (χ2v) is 8.20. The van der Waals surface area contributed by atoms with E-state index in [1.165, 1.54) is 10.9 Å². The van der Waals surface area contributed by atoms with Gasteiger partial charge in [-0.25, -0.2) is 4.98 Å². The molecule has 0 N–H and O–H groups in total. The van der Waals surface area contributed by atoms with Crippen LogP contribution in [-0.4, -0.2) is 27.5 Å². The molecule has 0 saturated carbocycles. The van der Waals surface area contributed by atoms with Crippen molar-refractivity contribution in [1.29, 1.82) is 0 Å². The summed E-state index contributed by atoms with van der Waals surface area (Å²) in [4.78, 5) is 20.1. The van der Waals surface area contributed by atoms with E-state index in [1.54, 1.807) is 10.9 Å². The third-order valence-electron chi connectivity index (χ3n) is 5.50. The minimum Gasteiger partial charge on any atom is -0.299 e. The third kappa shape index (κ3) is 5.54. The van der Waals surface area contributed by atoms with Crippen molar-refractivity contribution in [1.82, 2.24) is 14.5 Å². The van der Waals surface area contributed by atoms with Crippen molar-refractivity contribution in [2.24, 2.45) is 0 Å². The minimum atomic E-state index is -0.176. The van der Waals surface area contributed by atoms with Crippen molar-refractivity contribution in [3.8, 4) is 5.69 Å². The molecule has 0 radical (unpaired) electrons. The molecule has 0 amide bonds. The van der Waals surface area contributed by atoms with E-state index < -0.39 is 0 Å². The molecule has 1 aromatic heterocycles. The molecule has 0 aliphatic heterocycles. The standard InChI is InChI=1S/C26H31N3OS/c1-5-14-28(7-3)17-20-9-10-22-16-23(12-11-21(22)15-20)29-18-27-24(25(31)26(29)30)13-8-19(4)6-2/h6,8-13,15-16,18,31H,5,7,14,17H2,1-4H3/b13-8+,19-6+. The highest BCUT2D eigenvalue weighted by molar-refractivity contribution is 7.80. The Balaban J connectivity index is 1.91. The fourth-order valence-corrected chi connectivity index (χ4v) is 3.76. The molecule has 1 heterocycles. The zero-order valence-corrected chi connectivity index (χ0v) is 19.7. The van der Waals surface area contributed by atoms with Crippen LogP contribution in [0.4, 0.5) is 0 Å². The van der Waals surface area contributed by atoms with Crippen LogP contribution < -0.4 is 5.56 Å². The van der Waals surface area contributed by atoms with Crippen LogP contribution in [-0.2, 0) is 6.54 Å². The molecule has 0 bridgehead atoms. The van der Waals surface area contributed by atoms with Crippen LogP contribution >= 0.6 is 12.6 Å². The van der Waals surface area contributed by atoms with E-state index in [9.17, 15) is 4.79 Å². The number of aromatic nitrogens is 2. The predicted molar refractivity (Wildman–Crippen MR) is 134 cm³/mol. The molecule has 0 fully saturated rings. The van der Waals surface area contributed by atoms with Gasteiger partial charge in [0, 0.05) is 6.54 Å². The maximum Gasteiger partial charge on any atom is 0.271 e. The molecule has 3 rings (SSSR count). The summed E-state index contributed by atoms with van der Waals surface area (Å²) in [5, 5.41) is 2.27. The van der Waals surface area contributed by atoms with Crippen LogP contribution in [0.5, 0.6) is 0 Å². The van der Waals surface area contributed by atoms with Crippen molar-refractivity contribution in [3.63, 3.8) is 0 Å². The highest BCUT2D eigenvalue weighted by Crippen LogP contribution is 2.21. The second-order valence-electron chi connectivity index (χ2n) is 7.75. The van der Waals surface area contributed by atoms with Gasteiger partial charge in [-0.05, 0) is 74.0 Å². The summed E-state index contributed by atoms with van der Waals surface area (Å²) < 4.78 is 1.55. The Morgan fingerprint density at radius 3 is 2.61 bits per heavy atom. The van der Waals surface area contributed by atoms with E-state index in [4.69, 9.17) is 0 Å². The van der Waals surface area contributed by atoms with Gasteiger partial charge in [0.05, 0.1) is 16.3 Å². The normalized spacial score (nSPS) is 12.4. The Morgan fingerprint density at radius 2 is 1.90 bits per heavy atom. The fraction of sp³-hybridized carbons (Fsp3) is 0.308. The molecule has 3 aromatic rings. The maximum absolute atomic E-state index is 12.9. The number of fused-ring (bicyclic) bond motifs is 1. The summed E-state index contributed by atoms with van der Waals surface area (Å²) in [6.07, 6.45) is 8.49. The average Bonchev–Trinajstić information content (AvgIpc) is 2.79. The molecule has 31 heavy (non-hydrogen) atoms. The third-order valence-corrected chi connectivity index (χ3v) is 5.92. The summed E-state index contributed by atoms with van der Waals surface area (Å²) >= 11 is 4.44. The van der Waals surface area contributed by atoms with Crippen LogP contribution in [0.2, 0.25) is 0 Å². The van der Waals surface area contributed by atoms with Crippen molar-refractivity contribution < 1.29 is 0 Å². The van der Waals surface area contributed by atoms with Crippen LogP contribution in [0.1, 0.15) is 45.4 Å². The van der Waals surface area contributed by atoms with Gasteiger partial charge in [0.15, 0.2) is 0 Å². The number of hydrogen-bond acceptors (Lipinski definition) is 4. The predicted octanol–water partition coefficient (Wildman–Crippen LogP) is 5.89. The zero-order chi connectivity index (χ0) is 22.4. The molecule has 5 heteroatoms. The van der Waals surface area contributed by atoms with Gasteiger partial charge in [-0.1, -0.05) is 49.8 Å². The number of hydrogen-bond donors (Lipinski definition) is 1. The number of benzene rings is 2. The fourth-order valence-electron chi connectivity index (χ4n) is 3.52. The van der Waals surface area contributed by atoms with Gasteiger partial charge in [-0.2, -0.15) is 0 Å². The number of nitrogens with zero attached hydrogens (tertiary/aromatic N) is 3. The Morgan fingerprint density at radius 1 is 1.16 bits per heavy atom. The Labute approximate surface area is 190 Å². The molecule has 0 atom stereocenters. The molecule has 0 aliphatic carbocycles. The number of rotatable bonds is 8. The van der Waals surface area contributed by atoms with E-state index >= 15 is 0 Å². The van der Waals surface area contributed by atoms with Crippen LogP contribution in [0, 0.1) is 0 Å². The van der Waals surface area contributed by atoms with Gasteiger partial charge in [-0.3, -0.25) is 14.3 Å². The van der Waals surface area contributed by atoms with Gasteiger partial charge in [0.25, 0.3) is 5.56 Å². The monoisotopic (exact) mass is 433 g/mol. The van der Waals surface area contributed by atoms with Gasteiger partial charge in [-0.15, -0.1) is 12.6 Å². The van der Waals surface area contributed by atoms with Crippen molar-refractivity contribution in [2.45, 2.75) is 45.6 Å². The summed E-state index contributed by atoms with van der Waals surface area (Å²) in [6, 6.07) is 12.6. The molecule has 0 unspecified atom stereocenters. The molecular weight excluding hydrogens is 402 g/mol. The minimum absolute atomic E-state index is 0.176. The van der Waals surface area contributed by atoms with Gasteiger partial charge >= 0.3 is 0 Å². The lowest BCUT2D eigenvalue weighted by molar-refractivity contribution is 0.281. The first-order valence-corrected chi connectivity index (χ1v) is 11.3. The second kappa shape index (κ2) is 10.6. The topological polar surface area (TPSA) is 38.1 Å².